The molecule has 2 saturated heterocycles. The van der Waals surface area contributed by atoms with E-state index in [9.17, 15) is 13.5 Å². The number of halogens is 2. The largest absolute Gasteiger partial charge is 0.389 e. The Morgan fingerprint density at radius 2 is 1.97 bits per heavy atom. The van der Waals surface area contributed by atoms with Gasteiger partial charge >= 0.3 is 0 Å². The molecular formula is C26H34ClFN6O4S. The van der Waals surface area contributed by atoms with Crippen molar-refractivity contribution in [3.63, 3.8) is 0 Å². The van der Waals surface area contributed by atoms with Crippen LogP contribution in [0.1, 0.15) is 58.3 Å². The molecule has 3 atom stereocenters. The lowest BCUT2D eigenvalue weighted by Crippen LogP contribution is -2.42. The van der Waals surface area contributed by atoms with Crippen LogP contribution in [0.15, 0.2) is 18.3 Å². The van der Waals surface area contributed by atoms with Crippen LogP contribution in [0, 0.1) is 5.82 Å². The molecule has 2 aliphatic heterocycles. The van der Waals surface area contributed by atoms with Crippen molar-refractivity contribution in [2.24, 2.45) is 0 Å². The molecule has 2 N–H and O–H groups in total. The Labute approximate surface area is 232 Å². The zero-order valence-corrected chi connectivity index (χ0v) is 24.0. The van der Waals surface area contributed by atoms with Crippen LogP contribution in [-0.2, 0) is 14.8 Å². The van der Waals surface area contributed by atoms with E-state index in [-0.39, 0.29) is 41.1 Å². The van der Waals surface area contributed by atoms with Crippen molar-refractivity contribution in [3.05, 3.63) is 35.0 Å². The lowest BCUT2D eigenvalue weighted by atomic mass is 10.1. The number of hydrogen-bond acceptors (Lipinski definition) is 8. The lowest BCUT2D eigenvalue weighted by Gasteiger charge is -2.28. The van der Waals surface area contributed by atoms with Gasteiger partial charge in [-0.25, -0.2) is 32.1 Å². The van der Waals surface area contributed by atoms with Gasteiger partial charge in [0.05, 0.1) is 46.4 Å². The fraction of sp³-hybridized carbons (Fsp3) is 0.577. The third-order valence-electron chi connectivity index (χ3n) is 7.42. The summed E-state index contributed by atoms with van der Waals surface area (Å²) in [6, 6.07) is 2.84. The van der Waals surface area contributed by atoms with E-state index in [4.69, 9.17) is 16.3 Å². The second-order valence-corrected chi connectivity index (χ2v) is 13.7. The van der Waals surface area contributed by atoms with Crippen LogP contribution in [0.5, 0.6) is 0 Å². The summed E-state index contributed by atoms with van der Waals surface area (Å²) in [5, 5.41) is 13.1. The second-order valence-electron chi connectivity index (χ2n) is 10.8. The molecule has 0 spiro atoms. The van der Waals surface area contributed by atoms with Crippen molar-refractivity contribution in [2.75, 3.05) is 31.6 Å². The monoisotopic (exact) mass is 580 g/mol. The quantitative estimate of drug-likeness (QED) is 0.431. The van der Waals surface area contributed by atoms with Gasteiger partial charge in [-0.1, -0.05) is 11.6 Å². The van der Waals surface area contributed by atoms with E-state index < -0.39 is 27.2 Å². The number of sulfonamides is 1. The Morgan fingerprint density at radius 3 is 2.67 bits per heavy atom. The summed E-state index contributed by atoms with van der Waals surface area (Å²) in [4.78, 5) is 13.5. The summed E-state index contributed by atoms with van der Waals surface area (Å²) in [6.45, 7) is 8.80. The zero-order chi connectivity index (χ0) is 28.1. The Morgan fingerprint density at radius 1 is 1.21 bits per heavy atom. The Kier molecular flexibility index (Phi) is 7.86. The number of imidazole rings is 1. The third-order valence-corrected chi connectivity index (χ3v) is 9.94. The number of aromatic nitrogens is 4. The summed E-state index contributed by atoms with van der Waals surface area (Å²) in [5.41, 5.74) is 1.63. The van der Waals surface area contributed by atoms with Gasteiger partial charge in [-0.05, 0) is 52.7 Å². The highest BCUT2D eigenvalue weighted by Crippen LogP contribution is 2.37. The SMILES string of the molecule is CC(C)n1c([C@H]2CCN(S(=O)(=O)C(C)C)C2)nc2c(F)cc(-c3nc(NC4CCOCC4O)ncc3Cl)cc21. The van der Waals surface area contributed by atoms with Crippen molar-refractivity contribution in [2.45, 2.75) is 69.9 Å². The molecule has 0 bridgehead atoms. The van der Waals surface area contributed by atoms with Crippen LogP contribution < -0.4 is 5.32 Å². The van der Waals surface area contributed by atoms with Gasteiger partial charge in [-0.3, -0.25) is 0 Å². The predicted octanol–water partition coefficient (Wildman–Crippen LogP) is 3.96. The predicted molar refractivity (Wildman–Crippen MR) is 148 cm³/mol. The normalized spacial score (nSPS) is 22.8. The van der Waals surface area contributed by atoms with Crippen molar-refractivity contribution in [1.82, 2.24) is 23.8 Å². The number of fused-ring (bicyclic) bond motifs is 1. The number of aliphatic hydroxyl groups is 1. The molecule has 212 valence electrons. The van der Waals surface area contributed by atoms with Gasteiger partial charge in [0.25, 0.3) is 0 Å². The maximum Gasteiger partial charge on any atom is 0.223 e. The van der Waals surface area contributed by atoms with Crippen LogP contribution in [0.2, 0.25) is 5.02 Å². The minimum Gasteiger partial charge on any atom is -0.389 e. The van der Waals surface area contributed by atoms with Crippen molar-refractivity contribution in [3.8, 4) is 11.3 Å². The van der Waals surface area contributed by atoms with Crippen LogP contribution in [0.25, 0.3) is 22.3 Å². The fourth-order valence-electron chi connectivity index (χ4n) is 5.30. The fourth-order valence-corrected chi connectivity index (χ4v) is 6.85. The third kappa shape index (κ3) is 5.37. The Bertz CT molecular complexity index is 1480. The molecule has 0 saturated carbocycles. The van der Waals surface area contributed by atoms with E-state index in [0.717, 1.165) is 0 Å². The number of nitrogens with zero attached hydrogens (tertiary/aromatic N) is 5. The highest BCUT2D eigenvalue weighted by molar-refractivity contribution is 7.89. The van der Waals surface area contributed by atoms with Crippen LogP contribution >= 0.6 is 11.6 Å². The van der Waals surface area contributed by atoms with Gasteiger partial charge in [0.1, 0.15) is 11.3 Å². The molecule has 3 aromatic rings. The molecule has 2 aromatic heterocycles. The van der Waals surface area contributed by atoms with Crippen molar-refractivity contribution in [1.29, 1.82) is 0 Å². The molecule has 1 aromatic carbocycles. The topological polar surface area (TPSA) is 122 Å². The lowest BCUT2D eigenvalue weighted by molar-refractivity contribution is -0.0136. The number of aliphatic hydroxyl groups excluding tert-OH is 1. The van der Waals surface area contributed by atoms with Gasteiger partial charge in [-0.2, -0.15) is 0 Å². The van der Waals surface area contributed by atoms with Gasteiger partial charge in [0.15, 0.2) is 5.82 Å². The smallest absolute Gasteiger partial charge is 0.223 e. The first-order chi connectivity index (χ1) is 18.5. The molecule has 2 aliphatic rings. The molecule has 2 unspecified atom stereocenters. The van der Waals surface area contributed by atoms with Gasteiger partial charge in [0.2, 0.25) is 16.0 Å². The molecule has 4 heterocycles. The molecule has 2 fully saturated rings. The minimum absolute atomic E-state index is 0.0523. The van der Waals surface area contributed by atoms with Crippen LogP contribution in [0.4, 0.5) is 10.3 Å². The summed E-state index contributed by atoms with van der Waals surface area (Å²) in [5.74, 6) is 0.274. The average molecular weight is 581 g/mol. The second kappa shape index (κ2) is 10.9. The number of rotatable bonds is 7. The average Bonchev–Trinajstić information content (AvgIpc) is 3.52. The van der Waals surface area contributed by atoms with E-state index in [1.54, 1.807) is 13.8 Å². The first-order valence-corrected chi connectivity index (χ1v) is 15.1. The van der Waals surface area contributed by atoms with E-state index in [1.165, 1.54) is 16.6 Å². The Hall–Kier alpha value is -2.38. The van der Waals surface area contributed by atoms with Gasteiger partial charge in [-0.15, -0.1) is 0 Å². The number of ether oxygens (including phenoxy) is 1. The van der Waals surface area contributed by atoms with E-state index >= 15 is 4.39 Å². The van der Waals surface area contributed by atoms with Gasteiger partial charge < -0.3 is 19.7 Å². The number of benzene rings is 1. The molecule has 0 amide bonds. The number of hydrogen-bond donors (Lipinski definition) is 2. The first kappa shape index (κ1) is 28.2. The maximum atomic E-state index is 15.6. The van der Waals surface area contributed by atoms with E-state index in [1.807, 2.05) is 24.5 Å². The standard InChI is InChI=1S/C26H34ClFN6O4S/c1-14(2)34-21-10-17(23-18(27)11-29-26(32-23)30-20-6-8-38-13-22(20)35)9-19(28)24(21)31-25(34)16-5-7-33(12-16)39(36,37)15(3)4/h9-11,14-16,20,22,35H,5-8,12-13H2,1-4H3,(H,29,30,32)/t16-,20?,22?/m0/s1. The minimum atomic E-state index is -3.39. The van der Waals surface area contributed by atoms with Crippen LogP contribution in [0.3, 0.4) is 0 Å². The molecule has 5 rings (SSSR count). The summed E-state index contributed by atoms with van der Waals surface area (Å²) < 4.78 is 49.8. The molecule has 13 heteroatoms. The van der Waals surface area contributed by atoms with E-state index in [0.29, 0.717) is 55.1 Å². The van der Waals surface area contributed by atoms with E-state index in [2.05, 4.69) is 20.3 Å². The van der Waals surface area contributed by atoms with Crippen molar-refractivity contribution >= 4 is 38.6 Å². The first-order valence-electron chi connectivity index (χ1n) is 13.2. The van der Waals surface area contributed by atoms with Gasteiger partial charge in [0, 0.05) is 37.2 Å². The summed E-state index contributed by atoms with van der Waals surface area (Å²) >= 11 is 6.47. The Balaban J connectivity index is 1.52. The highest BCUT2D eigenvalue weighted by atomic mass is 35.5. The molecule has 39 heavy (non-hydrogen) atoms. The molecular weight excluding hydrogens is 547 g/mol. The molecule has 0 radical (unpaired) electrons. The maximum absolute atomic E-state index is 15.6. The van der Waals surface area contributed by atoms with Crippen LogP contribution in [-0.4, -0.2) is 81.0 Å². The highest BCUT2D eigenvalue weighted by Gasteiger charge is 2.36. The summed E-state index contributed by atoms with van der Waals surface area (Å²) in [6.07, 6.45) is 1.96. The molecule has 0 aliphatic carbocycles. The summed E-state index contributed by atoms with van der Waals surface area (Å²) in [7, 11) is -3.39. The zero-order valence-electron chi connectivity index (χ0n) is 22.4. The molecule has 10 nitrogen and oxygen atoms in total. The number of nitrogens with one attached hydrogen (secondary N) is 1. The van der Waals surface area contributed by atoms with Crippen molar-refractivity contribution < 1.29 is 22.7 Å². The number of anilines is 1.